The van der Waals surface area contributed by atoms with Crippen LogP contribution in [0.5, 0.6) is 0 Å². The highest BCUT2D eigenvalue weighted by atomic mass is 16.2. The lowest BCUT2D eigenvalue weighted by atomic mass is 10.0. The van der Waals surface area contributed by atoms with Crippen molar-refractivity contribution in [3.63, 3.8) is 0 Å². The van der Waals surface area contributed by atoms with E-state index in [2.05, 4.69) is 12.1 Å². The largest absolute Gasteiger partial charge is 0.311 e. The van der Waals surface area contributed by atoms with Crippen LogP contribution in [0.25, 0.3) is 6.08 Å². The Morgan fingerprint density at radius 1 is 0.944 bits per heavy atom. The van der Waals surface area contributed by atoms with Crippen molar-refractivity contribution in [2.45, 2.75) is 6.54 Å². The Morgan fingerprint density at radius 3 is 2.50 bits per heavy atom. The van der Waals surface area contributed by atoms with Gasteiger partial charge < -0.3 is 4.90 Å². The standard InChI is InChI=1S/C16H13NO/c18-16(14-7-2-1-3-8-14)17-11-10-13-6-4-5-9-15(13)12-17/h1-11H,12H2. The molecule has 0 aromatic heterocycles. The molecule has 0 bridgehead atoms. The van der Waals surface area contributed by atoms with Gasteiger partial charge in [-0.15, -0.1) is 0 Å². The van der Waals surface area contributed by atoms with Gasteiger partial charge in [0, 0.05) is 11.8 Å². The molecule has 0 radical (unpaired) electrons. The molecule has 1 amide bonds. The van der Waals surface area contributed by atoms with Crippen molar-refractivity contribution in [1.29, 1.82) is 0 Å². The van der Waals surface area contributed by atoms with Crippen molar-refractivity contribution < 1.29 is 4.79 Å². The molecule has 0 saturated carbocycles. The van der Waals surface area contributed by atoms with Crippen LogP contribution in [-0.2, 0) is 6.54 Å². The number of nitrogens with zero attached hydrogens (tertiary/aromatic N) is 1. The summed E-state index contributed by atoms with van der Waals surface area (Å²) in [7, 11) is 0. The van der Waals surface area contributed by atoms with Crippen LogP contribution in [0.2, 0.25) is 0 Å². The van der Waals surface area contributed by atoms with Gasteiger partial charge in [0.05, 0.1) is 6.54 Å². The maximum Gasteiger partial charge on any atom is 0.258 e. The molecule has 1 aliphatic rings. The maximum absolute atomic E-state index is 12.3. The molecule has 0 saturated heterocycles. The molecule has 2 aromatic rings. The molecular formula is C16H13NO. The Morgan fingerprint density at radius 2 is 1.67 bits per heavy atom. The van der Waals surface area contributed by atoms with Crippen LogP contribution >= 0.6 is 0 Å². The summed E-state index contributed by atoms with van der Waals surface area (Å²) in [6.07, 6.45) is 3.84. The quantitative estimate of drug-likeness (QED) is 0.742. The molecule has 0 fully saturated rings. The zero-order valence-corrected chi connectivity index (χ0v) is 9.91. The van der Waals surface area contributed by atoms with Crippen LogP contribution in [0, 0.1) is 0 Å². The predicted molar refractivity (Wildman–Crippen MR) is 71.8 cm³/mol. The van der Waals surface area contributed by atoms with Crippen molar-refractivity contribution in [1.82, 2.24) is 4.90 Å². The van der Waals surface area contributed by atoms with Gasteiger partial charge in [-0.25, -0.2) is 0 Å². The minimum absolute atomic E-state index is 0.0429. The van der Waals surface area contributed by atoms with Crippen molar-refractivity contribution in [3.8, 4) is 0 Å². The Kier molecular flexibility index (Phi) is 2.69. The molecule has 2 nitrogen and oxygen atoms in total. The van der Waals surface area contributed by atoms with E-state index in [1.165, 1.54) is 11.1 Å². The van der Waals surface area contributed by atoms with Crippen molar-refractivity contribution in [2.75, 3.05) is 0 Å². The average Bonchev–Trinajstić information content (AvgIpc) is 2.47. The minimum Gasteiger partial charge on any atom is -0.311 e. The fraction of sp³-hybridized carbons (Fsp3) is 0.0625. The third kappa shape index (κ3) is 1.93. The molecule has 0 atom stereocenters. The van der Waals surface area contributed by atoms with E-state index < -0.39 is 0 Å². The zero-order chi connectivity index (χ0) is 12.4. The molecule has 18 heavy (non-hydrogen) atoms. The molecule has 1 heterocycles. The first-order valence-electron chi connectivity index (χ1n) is 5.97. The normalized spacial score (nSPS) is 13.2. The van der Waals surface area contributed by atoms with E-state index in [1.807, 2.05) is 54.7 Å². The van der Waals surface area contributed by atoms with E-state index in [0.29, 0.717) is 6.54 Å². The summed E-state index contributed by atoms with van der Waals surface area (Å²) in [5, 5.41) is 0. The Balaban J connectivity index is 1.87. The van der Waals surface area contributed by atoms with Gasteiger partial charge in [-0.2, -0.15) is 0 Å². The lowest BCUT2D eigenvalue weighted by Crippen LogP contribution is -2.27. The van der Waals surface area contributed by atoms with Crippen LogP contribution in [-0.4, -0.2) is 10.8 Å². The number of carbonyl (C=O) groups is 1. The summed E-state index contributed by atoms with van der Waals surface area (Å²) in [5.74, 6) is 0.0429. The van der Waals surface area contributed by atoms with Crippen LogP contribution in [0.3, 0.4) is 0 Å². The Hall–Kier alpha value is -2.35. The van der Waals surface area contributed by atoms with Gasteiger partial charge in [0.2, 0.25) is 0 Å². The van der Waals surface area contributed by atoms with Gasteiger partial charge in [0.15, 0.2) is 0 Å². The summed E-state index contributed by atoms with van der Waals surface area (Å²) in [4.78, 5) is 14.0. The number of hydrogen-bond acceptors (Lipinski definition) is 1. The monoisotopic (exact) mass is 235 g/mol. The lowest BCUT2D eigenvalue weighted by molar-refractivity contribution is 0.0813. The van der Waals surface area contributed by atoms with Crippen molar-refractivity contribution in [3.05, 3.63) is 77.5 Å². The fourth-order valence-electron chi connectivity index (χ4n) is 2.13. The van der Waals surface area contributed by atoms with Crippen LogP contribution in [0.4, 0.5) is 0 Å². The lowest BCUT2D eigenvalue weighted by Gasteiger charge is -2.23. The van der Waals surface area contributed by atoms with E-state index in [1.54, 1.807) is 4.90 Å². The molecule has 0 spiro atoms. The van der Waals surface area contributed by atoms with E-state index >= 15 is 0 Å². The van der Waals surface area contributed by atoms with Crippen LogP contribution < -0.4 is 0 Å². The van der Waals surface area contributed by atoms with Gasteiger partial charge in [0.1, 0.15) is 0 Å². The van der Waals surface area contributed by atoms with E-state index in [4.69, 9.17) is 0 Å². The van der Waals surface area contributed by atoms with Crippen LogP contribution in [0.1, 0.15) is 21.5 Å². The second-order valence-corrected chi connectivity index (χ2v) is 4.31. The molecule has 0 N–H and O–H groups in total. The number of fused-ring (bicyclic) bond motifs is 1. The van der Waals surface area contributed by atoms with Crippen molar-refractivity contribution >= 4 is 12.0 Å². The SMILES string of the molecule is O=C(c1ccccc1)N1C=Cc2ccccc2C1. The topological polar surface area (TPSA) is 20.3 Å². The number of carbonyl (C=O) groups excluding carboxylic acids is 1. The molecule has 2 aromatic carbocycles. The first-order chi connectivity index (χ1) is 8.84. The second-order valence-electron chi connectivity index (χ2n) is 4.31. The third-order valence-electron chi connectivity index (χ3n) is 3.11. The summed E-state index contributed by atoms with van der Waals surface area (Å²) in [6, 6.07) is 17.5. The molecule has 88 valence electrons. The zero-order valence-electron chi connectivity index (χ0n) is 9.91. The molecule has 2 heteroatoms. The minimum atomic E-state index is 0.0429. The number of amides is 1. The highest BCUT2D eigenvalue weighted by Gasteiger charge is 2.17. The molecule has 0 aliphatic carbocycles. The molecule has 1 aliphatic heterocycles. The molecule has 0 unspecified atom stereocenters. The first-order valence-corrected chi connectivity index (χ1v) is 5.97. The van der Waals surface area contributed by atoms with Gasteiger partial charge in [0.25, 0.3) is 5.91 Å². The van der Waals surface area contributed by atoms with Gasteiger partial charge in [-0.1, -0.05) is 42.5 Å². The molecule has 3 rings (SSSR count). The van der Waals surface area contributed by atoms with Gasteiger partial charge in [-0.05, 0) is 29.3 Å². The average molecular weight is 235 g/mol. The number of hydrogen-bond donors (Lipinski definition) is 0. The smallest absolute Gasteiger partial charge is 0.258 e. The summed E-state index contributed by atoms with van der Waals surface area (Å²) >= 11 is 0. The number of benzene rings is 2. The van der Waals surface area contributed by atoms with Gasteiger partial charge in [-0.3, -0.25) is 4.79 Å². The van der Waals surface area contributed by atoms with Crippen LogP contribution in [0.15, 0.2) is 60.8 Å². The predicted octanol–water partition coefficient (Wildman–Crippen LogP) is 3.31. The Bertz CT molecular complexity index is 602. The van der Waals surface area contributed by atoms with Gasteiger partial charge >= 0.3 is 0 Å². The highest BCUT2D eigenvalue weighted by Crippen LogP contribution is 2.20. The fourth-order valence-corrected chi connectivity index (χ4v) is 2.13. The third-order valence-corrected chi connectivity index (χ3v) is 3.11. The summed E-state index contributed by atoms with van der Waals surface area (Å²) < 4.78 is 0. The first kappa shape index (κ1) is 10.8. The Labute approximate surface area is 106 Å². The summed E-state index contributed by atoms with van der Waals surface area (Å²) in [6.45, 7) is 0.639. The van der Waals surface area contributed by atoms with E-state index in [-0.39, 0.29) is 5.91 Å². The van der Waals surface area contributed by atoms with E-state index in [9.17, 15) is 4.79 Å². The molecular weight excluding hydrogens is 222 g/mol. The van der Waals surface area contributed by atoms with E-state index in [0.717, 1.165) is 5.56 Å². The summed E-state index contributed by atoms with van der Waals surface area (Å²) in [5.41, 5.74) is 3.10. The second kappa shape index (κ2) is 4.49. The highest BCUT2D eigenvalue weighted by molar-refractivity contribution is 5.95. The maximum atomic E-state index is 12.3. The van der Waals surface area contributed by atoms with Crippen molar-refractivity contribution in [2.24, 2.45) is 0 Å². The number of rotatable bonds is 1.